The average Bonchev–Trinajstić information content (AvgIpc) is 2.97. The molecule has 0 spiro atoms. The van der Waals surface area contributed by atoms with E-state index in [2.05, 4.69) is 10.1 Å². The second kappa shape index (κ2) is 5.34. The Hall–Kier alpha value is -1.54. The summed E-state index contributed by atoms with van der Waals surface area (Å²) in [5, 5.41) is 4.88. The van der Waals surface area contributed by atoms with Gasteiger partial charge in [-0.1, -0.05) is 0 Å². The number of hydrogen-bond acceptors (Lipinski definition) is 5. The first-order chi connectivity index (χ1) is 10.00. The van der Waals surface area contributed by atoms with Gasteiger partial charge in [-0.05, 0) is 26.0 Å². The number of pyridine rings is 1. The highest BCUT2D eigenvalue weighted by molar-refractivity contribution is 7.99. The molecule has 0 N–H and O–H groups in total. The van der Waals surface area contributed by atoms with Crippen molar-refractivity contribution in [2.45, 2.75) is 29.8 Å². The van der Waals surface area contributed by atoms with Crippen LogP contribution in [0.25, 0.3) is 0 Å². The summed E-state index contributed by atoms with van der Waals surface area (Å²) in [6.45, 7) is 4.36. The largest absolute Gasteiger partial charge is 0.269 e. The minimum Gasteiger partial charge on any atom is -0.269 e. The van der Waals surface area contributed by atoms with Gasteiger partial charge in [-0.2, -0.15) is 5.10 Å². The monoisotopic (exact) mass is 324 g/mol. The van der Waals surface area contributed by atoms with Crippen LogP contribution in [0.5, 0.6) is 0 Å². The van der Waals surface area contributed by atoms with Gasteiger partial charge < -0.3 is 0 Å². The van der Waals surface area contributed by atoms with Gasteiger partial charge in [0.2, 0.25) is 0 Å². The van der Waals surface area contributed by atoms with E-state index < -0.39 is 10.0 Å². The molecule has 2 aromatic heterocycles. The molecule has 1 aliphatic rings. The first kappa shape index (κ1) is 14.4. The van der Waals surface area contributed by atoms with Gasteiger partial charge in [-0.15, -0.1) is 11.8 Å². The van der Waals surface area contributed by atoms with E-state index in [1.165, 1.54) is 10.5 Å². The third-order valence-electron chi connectivity index (χ3n) is 3.25. The SMILES string of the molecule is CC(C)n1cc(S(=O)(=O)N2CCSc3ncccc32)cn1. The van der Waals surface area contributed by atoms with Crippen molar-refractivity contribution < 1.29 is 8.42 Å². The summed E-state index contributed by atoms with van der Waals surface area (Å²) in [6, 6.07) is 3.67. The minimum atomic E-state index is -3.59. The minimum absolute atomic E-state index is 0.125. The number of thioether (sulfide) groups is 1. The van der Waals surface area contributed by atoms with Crippen molar-refractivity contribution in [3.8, 4) is 0 Å². The van der Waals surface area contributed by atoms with E-state index in [1.54, 1.807) is 41.0 Å². The molecule has 0 unspecified atom stereocenters. The van der Waals surface area contributed by atoms with Gasteiger partial charge in [-0.3, -0.25) is 8.99 Å². The number of nitrogens with zero attached hydrogens (tertiary/aromatic N) is 4. The Balaban J connectivity index is 2.03. The van der Waals surface area contributed by atoms with Crippen LogP contribution in [0.15, 0.2) is 40.6 Å². The van der Waals surface area contributed by atoms with E-state index in [-0.39, 0.29) is 10.9 Å². The van der Waals surface area contributed by atoms with Crippen molar-refractivity contribution in [3.05, 3.63) is 30.7 Å². The molecule has 2 aromatic rings. The van der Waals surface area contributed by atoms with Crippen LogP contribution >= 0.6 is 11.8 Å². The molecule has 3 rings (SSSR count). The van der Waals surface area contributed by atoms with E-state index in [1.807, 2.05) is 13.8 Å². The molecular formula is C13H16N4O2S2. The molecule has 0 amide bonds. The van der Waals surface area contributed by atoms with Crippen LogP contribution in [0.1, 0.15) is 19.9 Å². The fourth-order valence-electron chi connectivity index (χ4n) is 2.14. The van der Waals surface area contributed by atoms with Crippen molar-refractivity contribution in [2.24, 2.45) is 0 Å². The smallest absolute Gasteiger partial charge is 0.267 e. The van der Waals surface area contributed by atoms with Gasteiger partial charge in [0.25, 0.3) is 10.0 Å². The van der Waals surface area contributed by atoms with Crippen molar-refractivity contribution >= 4 is 27.5 Å². The van der Waals surface area contributed by atoms with Gasteiger partial charge in [0, 0.05) is 30.7 Å². The van der Waals surface area contributed by atoms with Crippen molar-refractivity contribution in [1.29, 1.82) is 0 Å². The molecule has 0 aliphatic carbocycles. The Kier molecular flexibility index (Phi) is 3.66. The molecule has 0 radical (unpaired) electrons. The van der Waals surface area contributed by atoms with Crippen molar-refractivity contribution in [1.82, 2.24) is 14.8 Å². The predicted octanol–water partition coefficient (Wildman–Crippen LogP) is 2.16. The summed E-state index contributed by atoms with van der Waals surface area (Å²) in [7, 11) is -3.59. The lowest BCUT2D eigenvalue weighted by molar-refractivity contribution is 0.531. The lowest BCUT2D eigenvalue weighted by Crippen LogP contribution is -2.35. The summed E-state index contributed by atoms with van der Waals surface area (Å²) in [5.41, 5.74) is 0.644. The van der Waals surface area contributed by atoms with Crippen LogP contribution in [-0.4, -0.2) is 35.5 Å². The first-order valence-electron chi connectivity index (χ1n) is 6.65. The zero-order valence-corrected chi connectivity index (χ0v) is 13.4. The van der Waals surface area contributed by atoms with Gasteiger partial charge in [0.1, 0.15) is 9.92 Å². The molecule has 112 valence electrons. The number of aromatic nitrogens is 3. The fraction of sp³-hybridized carbons (Fsp3) is 0.385. The van der Waals surface area contributed by atoms with Crippen LogP contribution in [0.3, 0.4) is 0 Å². The zero-order chi connectivity index (χ0) is 15.0. The molecule has 0 fully saturated rings. The maximum absolute atomic E-state index is 12.8. The summed E-state index contributed by atoms with van der Waals surface area (Å²) in [5.74, 6) is 0.696. The van der Waals surface area contributed by atoms with Crippen molar-refractivity contribution in [2.75, 3.05) is 16.6 Å². The Labute approximate surface area is 128 Å². The van der Waals surface area contributed by atoms with E-state index in [4.69, 9.17) is 0 Å². The second-order valence-corrected chi connectivity index (χ2v) is 7.95. The maximum atomic E-state index is 12.8. The third-order valence-corrected chi connectivity index (χ3v) is 5.99. The molecule has 1 aliphatic heterocycles. The second-order valence-electron chi connectivity index (χ2n) is 5.00. The lowest BCUT2D eigenvalue weighted by atomic mass is 10.4. The van der Waals surface area contributed by atoms with Crippen LogP contribution in [0.2, 0.25) is 0 Å². The van der Waals surface area contributed by atoms with Crippen LogP contribution < -0.4 is 4.31 Å². The third kappa shape index (κ3) is 2.53. The fourth-order valence-corrected chi connectivity index (χ4v) is 4.66. The topological polar surface area (TPSA) is 68.1 Å². The molecule has 6 nitrogen and oxygen atoms in total. The standard InChI is InChI=1S/C13H16N4O2S2/c1-10(2)16-9-11(8-15-16)21(18,19)17-6-7-20-13-12(17)4-3-5-14-13/h3-5,8-10H,6-7H2,1-2H3. The van der Waals surface area contributed by atoms with E-state index in [0.717, 1.165) is 5.03 Å². The van der Waals surface area contributed by atoms with E-state index in [9.17, 15) is 8.42 Å². The summed E-state index contributed by atoms with van der Waals surface area (Å²) < 4.78 is 28.7. The van der Waals surface area contributed by atoms with Crippen LogP contribution in [0.4, 0.5) is 5.69 Å². The van der Waals surface area contributed by atoms with Gasteiger partial charge in [-0.25, -0.2) is 13.4 Å². The number of hydrogen-bond donors (Lipinski definition) is 0. The van der Waals surface area contributed by atoms with Crippen LogP contribution in [-0.2, 0) is 10.0 Å². The molecule has 0 atom stereocenters. The quantitative estimate of drug-likeness (QED) is 0.865. The number of anilines is 1. The lowest BCUT2D eigenvalue weighted by Gasteiger charge is -2.28. The molecule has 0 aromatic carbocycles. The zero-order valence-electron chi connectivity index (χ0n) is 11.8. The highest BCUT2D eigenvalue weighted by Crippen LogP contribution is 2.35. The summed E-state index contributed by atoms with van der Waals surface area (Å²) >= 11 is 1.58. The number of sulfonamides is 1. The van der Waals surface area contributed by atoms with Gasteiger partial charge in [0.05, 0.1) is 11.9 Å². The molecular weight excluding hydrogens is 308 g/mol. The Morgan fingerprint density at radius 2 is 2.19 bits per heavy atom. The molecule has 21 heavy (non-hydrogen) atoms. The first-order valence-corrected chi connectivity index (χ1v) is 9.07. The molecule has 0 bridgehead atoms. The Morgan fingerprint density at radius 1 is 1.38 bits per heavy atom. The number of rotatable bonds is 3. The molecule has 3 heterocycles. The molecule has 0 saturated heterocycles. The summed E-state index contributed by atoms with van der Waals surface area (Å²) in [4.78, 5) is 4.47. The number of fused-ring (bicyclic) bond motifs is 1. The molecule has 8 heteroatoms. The van der Waals surface area contributed by atoms with E-state index >= 15 is 0 Å². The van der Waals surface area contributed by atoms with E-state index in [0.29, 0.717) is 18.0 Å². The highest BCUT2D eigenvalue weighted by atomic mass is 32.2. The Bertz CT molecular complexity index is 755. The normalized spacial score (nSPS) is 15.3. The van der Waals surface area contributed by atoms with Crippen molar-refractivity contribution in [3.63, 3.8) is 0 Å². The highest BCUT2D eigenvalue weighted by Gasteiger charge is 2.31. The average molecular weight is 324 g/mol. The van der Waals surface area contributed by atoms with Crippen LogP contribution in [0, 0.1) is 0 Å². The van der Waals surface area contributed by atoms with Gasteiger partial charge >= 0.3 is 0 Å². The predicted molar refractivity (Wildman–Crippen MR) is 82.1 cm³/mol. The molecule has 0 saturated carbocycles. The maximum Gasteiger partial charge on any atom is 0.267 e. The summed E-state index contributed by atoms with van der Waals surface area (Å²) in [6.07, 6.45) is 4.67. The Morgan fingerprint density at radius 3 is 2.90 bits per heavy atom. The van der Waals surface area contributed by atoms with Gasteiger partial charge in [0.15, 0.2) is 0 Å².